The zero-order valence-electron chi connectivity index (χ0n) is 27.6. The zero-order chi connectivity index (χ0) is 32.7. The lowest BCUT2D eigenvalue weighted by Crippen LogP contribution is -2.64. The van der Waals surface area contributed by atoms with Gasteiger partial charge in [-0.2, -0.15) is 4.98 Å². The van der Waals surface area contributed by atoms with Crippen LogP contribution in [0.4, 0.5) is 28.8 Å². The number of anilines is 5. The van der Waals surface area contributed by atoms with Gasteiger partial charge in [-0.15, -0.1) is 0 Å². The van der Waals surface area contributed by atoms with Gasteiger partial charge in [-0.3, -0.25) is 14.9 Å². The minimum absolute atomic E-state index is 0.398. The quantitative estimate of drug-likeness (QED) is 0.209. The van der Waals surface area contributed by atoms with Gasteiger partial charge in [0.1, 0.15) is 24.2 Å². The summed E-state index contributed by atoms with van der Waals surface area (Å²) in [5.41, 5.74) is 5.09. The summed E-state index contributed by atoms with van der Waals surface area (Å²) in [6, 6.07) is 9.26. The molecule has 2 aromatic carbocycles. The summed E-state index contributed by atoms with van der Waals surface area (Å²) >= 11 is 3.58. The highest BCUT2D eigenvalue weighted by Crippen LogP contribution is 2.42. The summed E-state index contributed by atoms with van der Waals surface area (Å²) in [6.45, 7) is 12.4. The lowest BCUT2D eigenvalue weighted by Gasteiger charge is -2.51. The van der Waals surface area contributed by atoms with Crippen molar-refractivity contribution >= 4 is 68.2 Å². The van der Waals surface area contributed by atoms with Crippen LogP contribution in [0, 0.1) is 12.8 Å². The van der Waals surface area contributed by atoms with Crippen LogP contribution in [0.2, 0.25) is 0 Å². The van der Waals surface area contributed by atoms with E-state index in [0.717, 1.165) is 36.5 Å². The van der Waals surface area contributed by atoms with Gasteiger partial charge in [0.25, 0.3) is 0 Å². The number of likely N-dealkylation sites (N-methyl/N-ethyl adjacent to an activating group) is 1. The Labute approximate surface area is 279 Å². The van der Waals surface area contributed by atoms with Crippen LogP contribution in [0.3, 0.4) is 0 Å². The number of rotatable bonds is 9. The molecule has 2 unspecified atom stereocenters. The maximum absolute atomic E-state index is 13.4. The molecule has 4 heterocycles. The molecule has 46 heavy (non-hydrogen) atoms. The fourth-order valence-electron chi connectivity index (χ4n) is 6.70. The number of hydrogen-bond acceptors (Lipinski definition) is 11. The van der Waals surface area contributed by atoms with Crippen LogP contribution in [-0.2, 0) is 4.57 Å². The standard InChI is InChI=1S/C33H43BrN9O2P/c1-20-14-26(29(45-5)15-28(20)42-13-10-27(21(2)17-42)43-18-22(19-43)41(3)4)39-33-37-16-23(34)32(40-33)38-25-9-8-24-30(36-12-11-35-24)31(25)46(6,7)44/h8-9,11-12,14-16,21-22,27H,10,13,17-19H2,1-7H3,(H2,37,38,39,40). The van der Waals surface area contributed by atoms with E-state index in [0.29, 0.717) is 56.3 Å². The molecule has 11 nitrogen and oxygen atoms in total. The summed E-state index contributed by atoms with van der Waals surface area (Å²) in [7, 11) is 3.31. The minimum atomic E-state index is -2.73. The van der Waals surface area contributed by atoms with Gasteiger partial charge in [0, 0.05) is 68.6 Å². The molecule has 2 atom stereocenters. The first-order valence-electron chi connectivity index (χ1n) is 15.6. The van der Waals surface area contributed by atoms with Crippen LogP contribution in [0.5, 0.6) is 5.75 Å². The molecule has 0 radical (unpaired) electrons. The summed E-state index contributed by atoms with van der Waals surface area (Å²) in [5.74, 6) is 2.22. The molecule has 0 aliphatic carbocycles. The van der Waals surface area contributed by atoms with Gasteiger partial charge in [0.2, 0.25) is 5.95 Å². The number of halogens is 1. The Morgan fingerprint density at radius 1 is 1.04 bits per heavy atom. The SMILES string of the molecule is COc1cc(N2CCC(N3CC(N(C)C)C3)C(C)C2)c(C)cc1Nc1ncc(Br)c(Nc2ccc3nccnc3c2P(C)(C)=O)n1. The highest BCUT2D eigenvalue weighted by molar-refractivity contribution is 9.10. The Bertz CT molecular complexity index is 1790. The third-order valence-electron chi connectivity index (χ3n) is 9.20. The first-order chi connectivity index (χ1) is 21.9. The molecule has 4 aromatic rings. The number of benzene rings is 2. The number of aromatic nitrogens is 4. The lowest BCUT2D eigenvalue weighted by molar-refractivity contribution is 0.00149. The van der Waals surface area contributed by atoms with Crippen LogP contribution < -0.4 is 25.6 Å². The Balaban J connectivity index is 1.21. The summed E-state index contributed by atoms with van der Waals surface area (Å²) in [4.78, 5) is 25.7. The van der Waals surface area contributed by atoms with Gasteiger partial charge in [-0.05, 0) is 86.4 Å². The maximum Gasteiger partial charge on any atom is 0.229 e. The molecule has 13 heteroatoms. The van der Waals surface area contributed by atoms with Crippen LogP contribution >= 0.6 is 23.1 Å². The van der Waals surface area contributed by atoms with E-state index >= 15 is 0 Å². The van der Waals surface area contributed by atoms with E-state index in [9.17, 15) is 4.57 Å². The number of piperidine rings is 1. The van der Waals surface area contributed by atoms with Crippen molar-refractivity contribution in [3.63, 3.8) is 0 Å². The molecule has 2 fully saturated rings. The fourth-order valence-corrected chi connectivity index (χ4v) is 8.38. The Morgan fingerprint density at radius 3 is 2.50 bits per heavy atom. The number of aryl methyl sites for hydroxylation is 1. The summed E-state index contributed by atoms with van der Waals surface area (Å²) in [5, 5.41) is 7.37. The second-order valence-electron chi connectivity index (χ2n) is 13.1. The van der Waals surface area contributed by atoms with Crippen LogP contribution in [0.15, 0.2) is 47.3 Å². The van der Waals surface area contributed by atoms with Crippen LogP contribution in [0.1, 0.15) is 18.9 Å². The Hall–Kier alpha value is -3.31. The van der Waals surface area contributed by atoms with E-state index in [1.54, 1.807) is 39.0 Å². The van der Waals surface area contributed by atoms with E-state index in [-0.39, 0.29) is 0 Å². The van der Waals surface area contributed by atoms with E-state index in [2.05, 4.69) is 96.3 Å². The van der Waals surface area contributed by atoms with E-state index in [1.165, 1.54) is 18.8 Å². The number of likely N-dealkylation sites (tertiary alicyclic amines) is 1. The van der Waals surface area contributed by atoms with Crippen molar-refractivity contribution in [1.82, 2.24) is 29.7 Å². The maximum atomic E-state index is 13.4. The summed E-state index contributed by atoms with van der Waals surface area (Å²) in [6.07, 6.45) is 6.09. The second kappa shape index (κ2) is 13.1. The van der Waals surface area contributed by atoms with Gasteiger partial charge < -0.3 is 29.7 Å². The molecule has 2 saturated heterocycles. The lowest BCUT2D eigenvalue weighted by atomic mass is 9.88. The molecule has 0 bridgehead atoms. The molecule has 2 aromatic heterocycles. The Morgan fingerprint density at radius 2 is 1.80 bits per heavy atom. The fraction of sp³-hybridized carbons (Fsp3) is 0.455. The molecule has 2 aliphatic rings. The molecule has 0 spiro atoms. The number of nitrogens with one attached hydrogen (secondary N) is 2. The zero-order valence-corrected chi connectivity index (χ0v) is 30.1. The van der Waals surface area contributed by atoms with Gasteiger partial charge in [0.15, 0.2) is 0 Å². The molecule has 0 saturated carbocycles. The molecular formula is C33H43BrN9O2P. The highest BCUT2D eigenvalue weighted by atomic mass is 79.9. The predicted octanol–water partition coefficient (Wildman–Crippen LogP) is 5.70. The molecule has 6 rings (SSSR count). The van der Waals surface area contributed by atoms with Gasteiger partial charge in [-0.1, -0.05) is 6.92 Å². The smallest absolute Gasteiger partial charge is 0.229 e. The van der Waals surface area contributed by atoms with Crippen molar-refractivity contribution in [3.8, 4) is 5.75 Å². The second-order valence-corrected chi connectivity index (χ2v) is 17.1. The van der Waals surface area contributed by atoms with E-state index in [4.69, 9.17) is 9.72 Å². The minimum Gasteiger partial charge on any atom is -0.494 e. The third kappa shape index (κ3) is 6.58. The average molecular weight is 709 g/mol. The van der Waals surface area contributed by atoms with Crippen LogP contribution in [0.25, 0.3) is 11.0 Å². The van der Waals surface area contributed by atoms with Gasteiger partial charge >= 0.3 is 0 Å². The van der Waals surface area contributed by atoms with Crippen LogP contribution in [-0.4, -0.2) is 103 Å². The number of hydrogen-bond donors (Lipinski definition) is 2. The van der Waals surface area contributed by atoms with Crippen molar-refractivity contribution in [3.05, 3.63) is 52.9 Å². The largest absolute Gasteiger partial charge is 0.494 e. The topological polar surface area (TPSA) is 112 Å². The molecule has 244 valence electrons. The van der Waals surface area contributed by atoms with Crippen molar-refractivity contribution < 1.29 is 9.30 Å². The van der Waals surface area contributed by atoms with E-state index in [1.807, 2.05) is 12.1 Å². The van der Waals surface area contributed by atoms with Gasteiger partial charge in [0.05, 0.1) is 33.8 Å². The normalized spacial score (nSPS) is 19.4. The number of fused-ring (bicyclic) bond motifs is 1. The van der Waals surface area contributed by atoms with Crippen molar-refractivity contribution in [1.29, 1.82) is 0 Å². The molecular weight excluding hydrogens is 665 g/mol. The van der Waals surface area contributed by atoms with Gasteiger partial charge in [-0.25, -0.2) is 4.98 Å². The van der Waals surface area contributed by atoms with Crippen molar-refractivity contribution in [2.75, 3.05) is 76.2 Å². The first kappa shape index (κ1) is 32.6. The molecule has 0 amide bonds. The molecule has 2 aliphatic heterocycles. The highest BCUT2D eigenvalue weighted by Gasteiger charge is 2.38. The third-order valence-corrected chi connectivity index (χ3v) is 11.3. The van der Waals surface area contributed by atoms with Crippen molar-refractivity contribution in [2.45, 2.75) is 32.4 Å². The monoisotopic (exact) mass is 707 g/mol. The number of ether oxygens (including phenoxy) is 1. The van der Waals surface area contributed by atoms with Crippen molar-refractivity contribution in [2.24, 2.45) is 5.92 Å². The Kier molecular flexibility index (Phi) is 9.26. The number of methoxy groups -OCH3 is 1. The average Bonchev–Trinajstić information content (AvgIpc) is 2.98. The molecule has 2 N–H and O–H groups in total. The predicted molar refractivity (Wildman–Crippen MR) is 191 cm³/mol. The first-order valence-corrected chi connectivity index (χ1v) is 19.0. The summed E-state index contributed by atoms with van der Waals surface area (Å²) < 4.78 is 19.9. The number of nitrogens with zero attached hydrogens (tertiary/aromatic N) is 7. The van der Waals surface area contributed by atoms with E-state index < -0.39 is 7.14 Å².